The highest BCUT2D eigenvalue weighted by molar-refractivity contribution is 7.26. The van der Waals surface area contributed by atoms with E-state index in [1.165, 1.54) is 42.1 Å². The Bertz CT molecular complexity index is 2800. The zero-order chi connectivity index (χ0) is 34.6. The number of hydrogen-bond acceptors (Lipinski definition) is 1. The molecule has 7 aromatic rings. The Hall–Kier alpha value is -5.76. The fraction of sp³-hybridized carbons (Fsp3) is 0.0612. The van der Waals surface area contributed by atoms with Gasteiger partial charge in [0.05, 0.1) is 0 Å². The molecule has 1 heterocycles. The third kappa shape index (κ3) is 5.14. The van der Waals surface area contributed by atoms with Crippen molar-refractivity contribution in [2.24, 2.45) is 0 Å². The fourth-order valence-corrected chi connectivity index (χ4v) is 8.86. The highest BCUT2D eigenvalue weighted by Gasteiger charge is 2.39. The molecule has 6 aromatic carbocycles. The first-order chi connectivity index (χ1) is 24.2. The summed E-state index contributed by atoms with van der Waals surface area (Å²) in [6.45, 7) is 22.9. The van der Waals surface area contributed by atoms with E-state index >= 15 is 0 Å². The number of rotatable bonds is 4. The van der Waals surface area contributed by atoms with Crippen LogP contribution >= 0.6 is 11.3 Å². The van der Waals surface area contributed by atoms with Crippen molar-refractivity contribution in [2.75, 3.05) is 0 Å². The van der Waals surface area contributed by atoms with E-state index in [-0.39, 0.29) is 5.41 Å². The molecule has 0 saturated heterocycles. The topological polar surface area (TPSA) is 0 Å². The van der Waals surface area contributed by atoms with E-state index in [0.717, 1.165) is 54.6 Å². The van der Waals surface area contributed by atoms with Crippen LogP contribution < -0.4 is 10.4 Å². The minimum absolute atomic E-state index is 0.257. The highest BCUT2D eigenvalue weighted by Crippen LogP contribution is 2.54. The van der Waals surface area contributed by atoms with Gasteiger partial charge in [0.15, 0.2) is 0 Å². The van der Waals surface area contributed by atoms with Gasteiger partial charge in [0.1, 0.15) is 0 Å². The number of fused-ring (bicyclic) bond motifs is 8. The number of benzene rings is 5. The molecule has 0 saturated carbocycles. The predicted octanol–water partition coefficient (Wildman–Crippen LogP) is 12.3. The van der Waals surface area contributed by atoms with Gasteiger partial charge in [-0.25, -0.2) is 0 Å². The van der Waals surface area contributed by atoms with Gasteiger partial charge in [0.2, 0.25) is 0 Å². The molecule has 0 fully saturated rings. The van der Waals surface area contributed by atoms with Crippen LogP contribution in [0.5, 0.6) is 0 Å². The van der Waals surface area contributed by atoms with Gasteiger partial charge in [-0.1, -0.05) is 168 Å². The van der Waals surface area contributed by atoms with E-state index < -0.39 is 0 Å². The predicted molar refractivity (Wildman–Crippen MR) is 222 cm³/mol. The van der Waals surface area contributed by atoms with Crippen LogP contribution in [-0.4, -0.2) is 0 Å². The normalized spacial score (nSPS) is 14.8. The van der Waals surface area contributed by atoms with E-state index in [2.05, 4.69) is 154 Å². The summed E-state index contributed by atoms with van der Waals surface area (Å²) in [6.07, 6.45) is 4.38. The SMILES string of the molecule is C=C(/C=c1/ccccc1=C)c1ccccccc(C(=C)/C=C2\C(=C)C(C)(C)c3c2ccc2ccc4c5ccccc5sc4c32)c2ccccc12. The van der Waals surface area contributed by atoms with Crippen LogP contribution in [0.3, 0.4) is 0 Å². The molecule has 240 valence electrons. The molecule has 0 unspecified atom stereocenters. The summed E-state index contributed by atoms with van der Waals surface area (Å²) in [4.78, 5) is 0. The summed E-state index contributed by atoms with van der Waals surface area (Å²) in [6, 6.07) is 47.2. The van der Waals surface area contributed by atoms with Crippen LogP contribution in [0.1, 0.15) is 36.1 Å². The van der Waals surface area contributed by atoms with Gasteiger partial charge in [0.25, 0.3) is 0 Å². The maximum Gasteiger partial charge on any atom is 0.0437 e. The highest BCUT2D eigenvalue weighted by atomic mass is 32.1. The monoisotopic (exact) mass is 658 g/mol. The summed E-state index contributed by atoms with van der Waals surface area (Å²) in [5.41, 5.74) is 8.56. The van der Waals surface area contributed by atoms with Crippen molar-refractivity contribution in [3.05, 3.63) is 198 Å². The second kappa shape index (κ2) is 12.3. The zero-order valence-corrected chi connectivity index (χ0v) is 29.4. The van der Waals surface area contributed by atoms with Gasteiger partial charge in [0, 0.05) is 31.0 Å². The van der Waals surface area contributed by atoms with Gasteiger partial charge in [-0.05, 0) is 89.4 Å². The second-order valence-corrected chi connectivity index (χ2v) is 14.7. The number of thiophene rings is 1. The molecule has 50 heavy (non-hydrogen) atoms. The average molecular weight is 659 g/mol. The van der Waals surface area contributed by atoms with Crippen LogP contribution in [0, 0.1) is 0 Å². The molecule has 0 bridgehead atoms. The van der Waals surface area contributed by atoms with E-state index in [1.807, 2.05) is 29.5 Å². The molecule has 0 amide bonds. The van der Waals surface area contributed by atoms with Gasteiger partial charge in [-0.3, -0.25) is 0 Å². The minimum atomic E-state index is -0.257. The molecule has 1 aliphatic rings. The van der Waals surface area contributed by atoms with Crippen molar-refractivity contribution in [2.45, 2.75) is 19.3 Å². The number of hydrogen-bond donors (Lipinski definition) is 0. The van der Waals surface area contributed by atoms with Crippen molar-refractivity contribution in [1.29, 1.82) is 0 Å². The van der Waals surface area contributed by atoms with Gasteiger partial charge < -0.3 is 0 Å². The second-order valence-electron chi connectivity index (χ2n) is 13.7. The van der Waals surface area contributed by atoms with Crippen molar-refractivity contribution < 1.29 is 0 Å². The maximum absolute atomic E-state index is 4.74. The quantitative estimate of drug-likeness (QED) is 0.177. The van der Waals surface area contributed by atoms with Crippen molar-refractivity contribution >= 4 is 82.4 Å². The summed E-state index contributed by atoms with van der Waals surface area (Å²) in [5, 5.41) is 9.48. The Labute approximate surface area is 298 Å². The van der Waals surface area contributed by atoms with Crippen LogP contribution in [0.2, 0.25) is 0 Å². The van der Waals surface area contributed by atoms with E-state index in [1.54, 1.807) is 0 Å². The van der Waals surface area contributed by atoms with Crippen LogP contribution in [-0.2, 0) is 5.41 Å². The summed E-state index contributed by atoms with van der Waals surface area (Å²) in [7, 11) is 0. The first-order valence-electron chi connectivity index (χ1n) is 17.0. The molecular formula is C49H38S. The van der Waals surface area contributed by atoms with Gasteiger partial charge >= 0.3 is 0 Å². The smallest absolute Gasteiger partial charge is 0.0437 e. The Kier molecular flexibility index (Phi) is 7.74. The molecule has 0 atom stereocenters. The van der Waals surface area contributed by atoms with Crippen LogP contribution in [0.15, 0.2) is 165 Å². The molecular weight excluding hydrogens is 621 g/mol. The Morgan fingerprint density at radius 3 is 1.86 bits per heavy atom. The maximum atomic E-state index is 4.74. The number of allylic oxidation sites excluding steroid dienone is 5. The van der Waals surface area contributed by atoms with E-state index in [4.69, 9.17) is 13.2 Å². The lowest BCUT2D eigenvalue weighted by Crippen LogP contribution is -2.21. The first-order valence-corrected chi connectivity index (χ1v) is 17.8. The first kappa shape index (κ1) is 31.5. The van der Waals surface area contributed by atoms with E-state index in [9.17, 15) is 0 Å². The molecule has 1 aliphatic carbocycles. The van der Waals surface area contributed by atoms with E-state index in [0.29, 0.717) is 0 Å². The lowest BCUT2D eigenvalue weighted by Gasteiger charge is -2.23. The molecule has 1 heteroatoms. The molecule has 1 aromatic heterocycles. The minimum Gasteiger partial charge on any atom is -0.135 e. The summed E-state index contributed by atoms with van der Waals surface area (Å²) < 4.78 is 2.67. The Balaban J connectivity index is 1.34. The molecule has 0 spiro atoms. The lowest BCUT2D eigenvalue weighted by atomic mass is 9.80. The summed E-state index contributed by atoms with van der Waals surface area (Å²) >= 11 is 1.89. The Morgan fingerprint density at radius 1 is 0.580 bits per heavy atom. The van der Waals surface area contributed by atoms with Crippen LogP contribution in [0.4, 0.5) is 0 Å². The largest absolute Gasteiger partial charge is 0.135 e. The van der Waals surface area contributed by atoms with Gasteiger partial charge in [-0.15, -0.1) is 11.3 Å². The third-order valence-electron chi connectivity index (χ3n) is 10.3. The lowest BCUT2D eigenvalue weighted by molar-refractivity contribution is 0.669. The molecule has 8 rings (SSSR count). The Morgan fingerprint density at radius 2 is 1.16 bits per heavy atom. The van der Waals surface area contributed by atoms with Crippen LogP contribution in [0.25, 0.3) is 71.1 Å². The van der Waals surface area contributed by atoms with Crippen molar-refractivity contribution in [3.63, 3.8) is 0 Å². The molecule has 0 aliphatic heterocycles. The molecule has 0 N–H and O–H groups in total. The standard InChI is InChI=1S/C49H38S/c1-31-17-11-12-18-36(31)29-32(2)37-19-9-7-8-10-20-38(40-22-14-13-21-39(37)40)33(3)30-44-34(4)49(5,6)47-42(44)27-25-35-26-28-43-41-23-15-16-24-45(41)50-48(43)46(35)47/h7-30H,1-4H2,5-6H3/b8-7?,9-7?,10-8?,19-9?,20-10?,36-29-,37-19?,38-20?,39-37?,40-38?,44-30+. The van der Waals surface area contributed by atoms with Crippen molar-refractivity contribution in [1.82, 2.24) is 0 Å². The fourth-order valence-electron chi connectivity index (χ4n) is 7.60. The zero-order valence-electron chi connectivity index (χ0n) is 28.6. The third-order valence-corrected chi connectivity index (χ3v) is 11.5. The molecule has 0 radical (unpaired) electrons. The van der Waals surface area contributed by atoms with Gasteiger partial charge in [-0.2, -0.15) is 0 Å². The summed E-state index contributed by atoms with van der Waals surface area (Å²) in [5.74, 6) is 0. The van der Waals surface area contributed by atoms with Crippen molar-refractivity contribution in [3.8, 4) is 0 Å². The molecule has 0 nitrogen and oxygen atoms in total. The average Bonchev–Trinajstić information content (AvgIpc) is 3.59.